The number of rotatable bonds is 4. The maximum Gasteiger partial charge on any atom is 0.0249 e. The predicted molar refractivity (Wildman–Crippen MR) is 83.5 cm³/mol. The molecule has 1 saturated carbocycles. The summed E-state index contributed by atoms with van der Waals surface area (Å²) in [5.41, 5.74) is 0. The van der Waals surface area contributed by atoms with Crippen molar-refractivity contribution in [1.82, 2.24) is 10.2 Å². The van der Waals surface area contributed by atoms with Crippen molar-refractivity contribution in [3.63, 3.8) is 0 Å². The Morgan fingerprint density at radius 2 is 1.63 bits per heavy atom. The molecular formula is C17H34N2. The van der Waals surface area contributed by atoms with Gasteiger partial charge in [0.05, 0.1) is 0 Å². The lowest BCUT2D eigenvalue weighted by Gasteiger charge is -2.42. The van der Waals surface area contributed by atoms with Gasteiger partial charge in [0.2, 0.25) is 0 Å². The van der Waals surface area contributed by atoms with Gasteiger partial charge in [-0.05, 0) is 51.7 Å². The molecule has 0 bridgehead atoms. The third kappa shape index (κ3) is 4.46. The van der Waals surface area contributed by atoms with E-state index in [0.29, 0.717) is 0 Å². The second kappa shape index (κ2) is 8.26. The van der Waals surface area contributed by atoms with Crippen LogP contribution in [0.15, 0.2) is 0 Å². The Labute approximate surface area is 120 Å². The smallest absolute Gasteiger partial charge is 0.0249 e. The lowest BCUT2D eigenvalue weighted by Crippen LogP contribution is -2.52. The molecule has 0 aromatic rings. The molecule has 2 aliphatic rings. The summed E-state index contributed by atoms with van der Waals surface area (Å²) in [6.07, 6.45) is 14.3. The van der Waals surface area contributed by atoms with Crippen LogP contribution in [0.5, 0.6) is 0 Å². The zero-order valence-electron chi connectivity index (χ0n) is 13.2. The summed E-state index contributed by atoms with van der Waals surface area (Å²) in [6, 6.07) is 1.55. The van der Waals surface area contributed by atoms with Crippen LogP contribution in [0.2, 0.25) is 0 Å². The second-order valence-electron chi connectivity index (χ2n) is 6.72. The third-order valence-electron chi connectivity index (χ3n) is 5.42. The van der Waals surface area contributed by atoms with Gasteiger partial charge >= 0.3 is 0 Å². The monoisotopic (exact) mass is 266 g/mol. The highest BCUT2D eigenvalue weighted by atomic mass is 15.2. The van der Waals surface area contributed by atoms with Gasteiger partial charge in [0.15, 0.2) is 0 Å². The molecule has 2 rings (SSSR count). The number of piperidine rings is 1. The maximum atomic E-state index is 3.61. The summed E-state index contributed by atoms with van der Waals surface area (Å²) in [6.45, 7) is 5.04. The van der Waals surface area contributed by atoms with E-state index in [1.807, 2.05) is 0 Å². The summed E-state index contributed by atoms with van der Waals surface area (Å²) in [5.74, 6) is 1.02. The third-order valence-corrected chi connectivity index (χ3v) is 5.42. The van der Waals surface area contributed by atoms with Gasteiger partial charge < -0.3 is 5.32 Å². The van der Waals surface area contributed by atoms with Crippen molar-refractivity contribution in [3.8, 4) is 0 Å². The van der Waals surface area contributed by atoms with Crippen molar-refractivity contribution < 1.29 is 0 Å². The molecule has 0 radical (unpaired) electrons. The average molecular weight is 266 g/mol. The van der Waals surface area contributed by atoms with Crippen LogP contribution in [-0.4, -0.2) is 37.1 Å². The fourth-order valence-corrected chi connectivity index (χ4v) is 4.22. The summed E-state index contributed by atoms with van der Waals surface area (Å²) in [4.78, 5) is 2.82. The topological polar surface area (TPSA) is 15.3 Å². The van der Waals surface area contributed by atoms with Crippen LogP contribution in [0.3, 0.4) is 0 Å². The summed E-state index contributed by atoms with van der Waals surface area (Å²) in [5, 5.41) is 3.61. The van der Waals surface area contributed by atoms with E-state index in [-0.39, 0.29) is 0 Å². The fourth-order valence-electron chi connectivity index (χ4n) is 4.22. The minimum absolute atomic E-state index is 0.739. The first-order valence-corrected chi connectivity index (χ1v) is 8.76. The first-order valence-electron chi connectivity index (χ1n) is 8.76. The van der Waals surface area contributed by atoms with Crippen molar-refractivity contribution >= 4 is 0 Å². The van der Waals surface area contributed by atoms with Crippen molar-refractivity contribution in [2.75, 3.05) is 20.1 Å². The fraction of sp³-hybridized carbons (Fsp3) is 1.00. The molecule has 1 N–H and O–H groups in total. The summed E-state index contributed by atoms with van der Waals surface area (Å²) in [7, 11) is 2.17. The number of hydrogen-bond acceptors (Lipinski definition) is 2. The van der Waals surface area contributed by atoms with Crippen molar-refractivity contribution in [3.05, 3.63) is 0 Å². The van der Waals surface area contributed by atoms with Crippen LogP contribution in [0, 0.1) is 5.92 Å². The SMILES string of the molecule is CCCC1CCN(C2CCCCCCC2NC)CC1. The highest BCUT2D eigenvalue weighted by molar-refractivity contribution is 4.87. The van der Waals surface area contributed by atoms with Crippen molar-refractivity contribution in [1.29, 1.82) is 0 Å². The lowest BCUT2D eigenvalue weighted by molar-refractivity contribution is 0.0911. The average Bonchev–Trinajstić information content (AvgIpc) is 2.41. The maximum absolute atomic E-state index is 3.61. The molecule has 112 valence electrons. The van der Waals surface area contributed by atoms with Gasteiger partial charge in [-0.3, -0.25) is 4.90 Å². The van der Waals surface area contributed by atoms with E-state index >= 15 is 0 Å². The first kappa shape index (κ1) is 15.3. The molecule has 2 atom stereocenters. The molecule has 2 fully saturated rings. The predicted octanol–water partition coefficient (Wildman–Crippen LogP) is 3.81. The van der Waals surface area contributed by atoms with Crippen molar-refractivity contribution in [2.24, 2.45) is 5.92 Å². The normalized spacial score (nSPS) is 31.9. The van der Waals surface area contributed by atoms with Crippen LogP contribution in [-0.2, 0) is 0 Å². The van der Waals surface area contributed by atoms with Gasteiger partial charge in [-0.1, -0.05) is 45.4 Å². The van der Waals surface area contributed by atoms with Gasteiger partial charge in [0, 0.05) is 12.1 Å². The molecule has 2 heteroatoms. The van der Waals surface area contributed by atoms with Gasteiger partial charge in [0.1, 0.15) is 0 Å². The van der Waals surface area contributed by atoms with E-state index in [1.165, 1.54) is 77.3 Å². The molecule has 2 unspecified atom stereocenters. The summed E-state index contributed by atoms with van der Waals surface area (Å²) < 4.78 is 0. The van der Waals surface area contributed by atoms with E-state index in [0.717, 1.165) is 18.0 Å². The van der Waals surface area contributed by atoms with Gasteiger partial charge in [0.25, 0.3) is 0 Å². The van der Waals surface area contributed by atoms with Gasteiger partial charge in [-0.15, -0.1) is 0 Å². The Hall–Kier alpha value is -0.0800. The zero-order valence-corrected chi connectivity index (χ0v) is 13.2. The Morgan fingerprint density at radius 3 is 2.26 bits per heavy atom. The number of hydrogen-bond donors (Lipinski definition) is 1. The van der Waals surface area contributed by atoms with Crippen LogP contribution < -0.4 is 5.32 Å². The molecule has 0 aromatic carbocycles. The lowest BCUT2D eigenvalue weighted by atomic mass is 9.87. The molecule has 0 aromatic heterocycles. The highest BCUT2D eigenvalue weighted by Gasteiger charge is 2.29. The molecule has 0 spiro atoms. The minimum atomic E-state index is 0.739. The van der Waals surface area contributed by atoms with Gasteiger partial charge in [-0.25, -0.2) is 0 Å². The minimum Gasteiger partial charge on any atom is -0.315 e. The number of likely N-dealkylation sites (N-methyl/N-ethyl adjacent to an activating group) is 1. The Morgan fingerprint density at radius 1 is 0.947 bits per heavy atom. The molecule has 0 amide bonds. The quantitative estimate of drug-likeness (QED) is 0.832. The number of likely N-dealkylation sites (tertiary alicyclic amines) is 1. The van der Waals surface area contributed by atoms with E-state index < -0.39 is 0 Å². The van der Waals surface area contributed by atoms with Crippen LogP contribution in [0.25, 0.3) is 0 Å². The van der Waals surface area contributed by atoms with Gasteiger partial charge in [-0.2, -0.15) is 0 Å². The van der Waals surface area contributed by atoms with E-state index in [2.05, 4.69) is 24.2 Å². The number of nitrogens with zero attached hydrogens (tertiary/aromatic N) is 1. The van der Waals surface area contributed by atoms with E-state index in [9.17, 15) is 0 Å². The number of nitrogens with one attached hydrogen (secondary N) is 1. The molecule has 1 aliphatic heterocycles. The molecule has 1 heterocycles. The Kier molecular flexibility index (Phi) is 6.66. The Balaban J connectivity index is 1.87. The van der Waals surface area contributed by atoms with Crippen LogP contribution >= 0.6 is 0 Å². The standard InChI is InChI=1S/C17H34N2/c1-3-8-15-11-13-19(14-12-15)17-10-7-5-4-6-9-16(17)18-2/h15-18H,3-14H2,1-2H3. The van der Waals surface area contributed by atoms with Crippen LogP contribution in [0.1, 0.15) is 71.1 Å². The molecule has 19 heavy (non-hydrogen) atoms. The highest BCUT2D eigenvalue weighted by Crippen LogP contribution is 2.28. The molecular weight excluding hydrogens is 232 g/mol. The van der Waals surface area contributed by atoms with Crippen LogP contribution in [0.4, 0.5) is 0 Å². The Bertz CT molecular complexity index is 233. The molecule has 1 saturated heterocycles. The van der Waals surface area contributed by atoms with E-state index in [4.69, 9.17) is 0 Å². The second-order valence-corrected chi connectivity index (χ2v) is 6.72. The van der Waals surface area contributed by atoms with E-state index in [1.54, 1.807) is 0 Å². The molecule has 2 nitrogen and oxygen atoms in total. The summed E-state index contributed by atoms with van der Waals surface area (Å²) >= 11 is 0. The zero-order chi connectivity index (χ0) is 13.5. The largest absolute Gasteiger partial charge is 0.315 e. The molecule has 1 aliphatic carbocycles. The van der Waals surface area contributed by atoms with Crippen molar-refractivity contribution in [2.45, 2.75) is 83.2 Å². The first-order chi connectivity index (χ1) is 9.35.